The fourth-order valence-corrected chi connectivity index (χ4v) is 4.47. The molecule has 0 N–H and O–H groups in total. The SMILES string of the molecule is Cl.O=C(c1ccc2c(c1)OCCO2)N(CCCn1ccnc1)c1nc2c(F)cccc2s1. The molecule has 2 aromatic heterocycles. The van der Waals surface area contributed by atoms with Crippen LogP contribution in [0.2, 0.25) is 0 Å². The van der Waals surface area contributed by atoms with E-state index < -0.39 is 5.82 Å². The van der Waals surface area contributed by atoms with Crippen molar-refractivity contribution in [2.75, 3.05) is 24.7 Å². The van der Waals surface area contributed by atoms with E-state index in [0.29, 0.717) is 59.6 Å². The van der Waals surface area contributed by atoms with Crippen molar-refractivity contribution in [1.29, 1.82) is 0 Å². The fraction of sp³-hybridized carbons (Fsp3) is 0.227. The quantitative estimate of drug-likeness (QED) is 0.409. The number of thiazole rings is 1. The monoisotopic (exact) mass is 474 g/mol. The first-order valence-electron chi connectivity index (χ1n) is 9.91. The van der Waals surface area contributed by atoms with Gasteiger partial charge in [0.05, 0.1) is 11.0 Å². The van der Waals surface area contributed by atoms with E-state index in [4.69, 9.17) is 9.47 Å². The van der Waals surface area contributed by atoms with Gasteiger partial charge in [0.1, 0.15) is 24.5 Å². The summed E-state index contributed by atoms with van der Waals surface area (Å²) in [5.74, 6) is 0.550. The molecule has 3 heterocycles. The Morgan fingerprint density at radius 2 is 2.03 bits per heavy atom. The molecule has 1 aliphatic heterocycles. The van der Waals surface area contributed by atoms with Crippen LogP contribution in [-0.2, 0) is 6.54 Å². The van der Waals surface area contributed by atoms with Gasteiger partial charge in [0.2, 0.25) is 0 Å². The molecule has 7 nitrogen and oxygen atoms in total. The largest absolute Gasteiger partial charge is 0.486 e. The highest BCUT2D eigenvalue weighted by Gasteiger charge is 2.24. The summed E-state index contributed by atoms with van der Waals surface area (Å²) in [6, 6.07) is 9.96. The number of halogens is 2. The van der Waals surface area contributed by atoms with E-state index in [9.17, 15) is 9.18 Å². The van der Waals surface area contributed by atoms with Gasteiger partial charge in [0.15, 0.2) is 16.6 Å². The number of nitrogens with zero attached hydrogens (tertiary/aromatic N) is 4. The summed E-state index contributed by atoms with van der Waals surface area (Å²) >= 11 is 1.30. The van der Waals surface area contributed by atoms with Crippen molar-refractivity contribution in [3.8, 4) is 11.5 Å². The number of rotatable bonds is 6. The second-order valence-corrected chi connectivity index (χ2v) is 8.06. The molecular weight excluding hydrogens is 455 g/mol. The van der Waals surface area contributed by atoms with Crippen molar-refractivity contribution in [1.82, 2.24) is 14.5 Å². The summed E-state index contributed by atoms with van der Waals surface area (Å²) < 4.78 is 28.0. The van der Waals surface area contributed by atoms with Crippen molar-refractivity contribution in [3.05, 3.63) is 66.5 Å². The fourth-order valence-electron chi connectivity index (χ4n) is 3.47. The molecule has 2 aromatic carbocycles. The molecule has 166 valence electrons. The number of ether oxygens (including phenoxy) is 2. The van der Waals surface area contributed by atoms with E-state index in [2.05, 4.69) is 9.97 Å². The predicted octanol–water partition coefficient (Wildman–Crippen LogP) is 4.56. The van der Waals surface area contributed by atoms with Crippen LogP contribution in [0.3, 0.4) is 0 Å². The summed E-state index contributed by atoms with van der Waals surface area (Å²) in [4.78, 5) is 23.6. The van der Waals surface area contributed by atoms with Gasteiger partial charge in [-0.3, -0.25) is 9.69 Å². The number of benzene rings is 2. The maximum Gasteiger partial charge on any atom is 0.260 e. The summed E-state index contributed by atoms with van der Waals surface area (Å²) in [5.41, 5.74) is 0.740. The summed E-state index contributed by atoms with van der Waals surface area (Å²) in [6.45, 7) is 2.05. The van der Waals surface area contributed by atoms with Crippen LogP contribution in [0.1, 0.15) is 16.8 Å². The number of imidazole rings is 1. The van der Waals surface area contributed by atoms with Crippen LogP contribution in [0.25, 0.3) is 10.2 Å². The van der Waals surface area contributed by atoms with Crippen LogP contribution in [-0.4, -0.2) is 40.2 Å². The molecule has 10 heteroatoms. The highest BCUT2D eigenvalue weighted by molar-refractivity contribution is 7.22. The Kier molecular flexibility index (Phi) is 6.57. The first kappa shape index (κ1) is 22.0. The number of anilines is 1. The summed E-state index contributed by atoms with van der Waals surface area (Å²) in [7, 11) is 0. The number of aromatic nitrogens is 3. The van der Waals surface area contributed by atoms with Crippen molar-refractivity contribution < 1.29 is 18.7 Å². The normalized spacial score (nSPS) is 12.4. The molecule has 1 aliphatic rings. The topological polar surface area (TPSA) is 69.5 Å². The minimum absolute atomic E-state index is 0. The zero-order valence-electron chi connectivity index (χ0n) is 16.9. The molecule has 5 rings (SSSR count). The smallest absolute Gasteiger partial charge is 0.260 e. The molecule has 0 saturated carbocycles. The van der Waals surface area contributed by atoms with Crippen LogP contribution >= 0.6 is 23.7 Å². The maximum atomic E-state index is 14.2. The van der Waals surface area contributed by atoms with Crippen LogP contribution in [0.15, 0.2) is 55.1 Å². The lowest BCUT2D eigenvalue weighted by atomic mass is 10.1. The predicted molar refractivity (Wildman–Crippen MR) is 123 cm³/mol. The van der Waals surface area contributed by atoms with Crippen molar-refractivity contribution in [2.45, 2.75) is 13.0 Å². The Labute approximate surface area is 193 Å². The number of hydrogen-bond donors (Lipinski definition) is 0. The van der Waals surface area contributed by atoms with Crippen LogP contribution in [0.5, 0.6) is 11.5 Å². The van der Waals surface area contributed by atoms with Gasteiger partial charge in [0.25, 0.3) is 5.91 Å². The standard InChI is InChI=1S/C22H19FN4O3S.ClH/c23-16-3-1-4-19-20(16)25-22(31-19)27(9-2-8-26-10-7-24-14-26)21(28)15-5-6-17-18(13-15)30-12-11-29-17;/h1,3-7,10,13-14H,2,8-9,11-12H2;1H. The molecule has 0 aliphatic carbocycles. The number of aryl methyl sites for hydroxylation is 1. The lowest BCUT2D eigenvalue weighted by Gasteiger charge is -2.22. The Hall–Kier alpha value is -3.17. The molecule has 1 amide bonds. The molecule has 0 atom stereocenters. The number of fused-ring (bicyclic) bond motifs is 2. The average molecular weight is 475 g/mol. The van der Waals surface area contributed by atoms with Gasteiger partial charge < -0.3 is 14.0 Å². The minimum atomic E-state index is -0.398. The van der Waals surface area contributed by atoms with Crippen LogP contribution in [0.4, 0.5) is 9.52 Å². The third-order valence-corrected chi connectivity index (χ3v) is 6.02. The van der Waals surface area contributed by atoms with Gasteiger partial charge in [-0.15, -0.1) is 12.4 Å². The van der Waals surface area contributed by atoms with Gasteiger partial charge >= 0.3 is 0 Å². The van der Waals surface area contributed by atoms with Crippen LogP contribution in [0, 0.1) is 5.82 Å². The third-order valence-electron chi connectivity index (χ3n) is 4.98. The lowest BCUT2D eigenvalue weighted by molar-refractivity contribution is 0.0985. The van der Waals surface area contributed by atoms with Gasteiger partial charge in [0, 0.05) is 31.0 Å². The van der Waals surface area contributed by atoms with Crippen molar-refractivity contribution in [2.24, 2.45) is 0 Å². The van der Waals surface area contributed by atoms with Gasteiger partial charge in [-0.05, 0) is 36.8 Å². The number of amides is 1. The molecular formula is C22H20ClFN4O3S. The molecule has 32 heavy (non-hydrogen) atoms. The van der Waals surface area contributed by atoms with Crippen LogP contribution < -0.4 is 14.4 Å². The summed E-state index contributed by atoms with van der Waals surface area (Å²) in [6.07, 6.45) is 6.01. The molecule has 0 saturated heterocycles. The van der Waals surface area contributed by atoms with E-state index in [1.165, 1.54) is 17.4 Å². The third kappa shape index (κ3) is 4.39. The van der Waals surface area contributed by atoms with Gasteiger partial charge in [-0.1, -0.05) is 17.4 Å². The Morgan fingerprint density at radius 1 is 1.19 bits per heavy atom. The Balaban J connectivity index is 0.00000245. The first-order chi connectivity index (χ1) is 15.2. The minimum Gasteiger partial charge on any atom is -0.486 e. The highest BCUT2D eigenvalue weighted by atomic mass is 35.5. The number of para-hydroxylation sites is 1. The van der Waals surface area contributed by atoms with E-state index in [0.717, 1.165) is 0 Å². The lowest BCUT2D eigenvalue weighted by Crippen LogP contribution is -2.32. The molecule has 0 fully saturated rings. The zero-order valence-corrected chi connectivity index (χ0v) is 18.6. The zero-order chi connectivity index (χ0) is 21.2. The second-order valence-electron chi connectivity index (χ2n) is 7.05. The van der Waals surface area contributed by atoms with Gasteiger partial charge in [-0.2, -0.15) is 0 Å². The highest BCUT2D eigenvalue weighted by Crippen LogP contribution is 2.34. The van der Waals surface area contributed by atoms with Gasteiger partial charge in [-0.25, -0.2) is 14.4 Å². The molecule has 0 radical (unpaired) electrons. The van der Waals surface area contributed by atoms with E-state index >= 15 is 0 Å². The average Bonchev–Trinajstić information content (AvgIpc) is 3.46. The summed E-state index contributed by atoms with van der Waals surface area (Å²) in [5, 5.41) is 0.464. The van der Waals surface area contributed by atoms with Crippen molar-refractivity contribution in [3.63, 3.8) is 0 Å². The maximum absolute atomic E-state index is 14.2. The van der Waals surface area contributed by atoms with E-state index in [1.807, 2.05) is 10.8 Å². The number of carbonyl (C=O) groups excluding carboxylic acids is 1. The first-order valence-corrected chi connectivity index (χ1v) is 10.7. The molecule has 0 unspecified atom stereocenters. The molecule has 0 spiro atoms. The van der Waals surface area contributed by atoms with E-state index in [1.54, 1.807) is 47.8 Å². The van der Waals surface area contributed by atoms with Crippen molar-refractivity contribution >= 4 is 45.0 Å². The second kappa shape index (κ2) is 9.54. The van der Waals surface area contributed by atoms with E-state index in [-0.39, 0.29) is 23.8 Å². The molecule has 0 bridgehead atoms. The number of carbonyl (C=O) groups is 1. The number of hydrogen-bond acceptors (Lipinski definition) is 6. The Morgan fingerprint density at radius 3 is 2.81 bits per heavy atom. The molecule has 4 aromatic rings. The Bertz CT molecular complexity index is 1230.